The van der Waals surface area contributed by atoms with E-state index in [2.05, 4.69) is 15.0 Å². The van der Waals surface area contributed by atoms with Crippen molar-refractivity contribution in [2.24, 2.45) is 0 Å². The molecule has 0 spiro atoms. The average Bonchev–Trinajstić information content (AvgIpc) is 3.12. The Morgan fingerprint density at radius 1 is 1.22 bits per heavy atom. The Kier molecular flexibility index (Phi) is 5.72. The second kappa shape index (κ2) is 8.19. The summed E-state index contributed by atoms with van der Waals surface area (Å²) >= 11 is 1.50. The SMILES string of the molecule is CC(=O)NS(=O)(=O)CC=Cc1cccc(-c2cnc(-c3cccnc3)s2)n1. The van der Waals surface area contributed by atoms with Crippen LogP contribution in [-0.2, 0) is 14.8 Å². The maximum Gasteiger partial charge on any atom is 0.238 e. The summed E-state index contributed by atoms with van der Waals surface area (Å²) < 4.78 is 25.2. The van der Waals surface area contributed by atoms with E-state index in [1.807, 2.05) is 29.0 Å². The summed E-state index contributed by atoms with van der Waals surface area (Å²) in [6, 6.07) is 9.28. The Labute approximate surface area is 160 Å². The van der Waals surface area contributed by atoms with Gasteiger partial charge in [0.1, 0.15) is 5.01 Å². The fourth-order valence-corrected chi connectivity index (χ4v) is 4.00. The van der Waals surface area contributed by atoms with Crippen LogP contribution in [0.2, 0.25) is 0 Å². The second-order valence-corrected chi connectivity index (χ2v) is 8.36. The topological polar surface area (TPSA) is 102 Å². The highest BCUT2D eigenvalue weighted by Crippen LogP contribution is 2.30. The van der Waals surface area contributed by atoms with Crippen molar-refractivity contribution in [1.82, 2.24) is 19.7 Å². The van der Waals surface area contributed by atoms with Gasteiger partial charge in [0, 0.05) is 31.1 Å². The lowest BCUT2D eigenvalue weighted by Crippen LogP contribution is -2.29. The number of aromatic nitrogens is 3. The van der Waals surface area contributed by atoms with E-state index in [1.54, 1.807) is 30.7 Å². The molecule has 138 valence electrons. The molecule has 9 heteroatoms. The summed E-state index contributed by atoms with van der Waals surface area (Å²) in [7, 11) is -3.67. The van der Waals surface area contributed by atoms with Gasteiger partial charge in [-0.05, 0) is 30.3 Å². The van der Waals surface area contributed by atoms with Crippen molar-refractivity contribution in [1.29, 1.82) is 0 Å². The van der Waals surface area contributed by atoms with E-state index in [0.717, 1.165) is 28.1 Å². The first-order chi connectivity index (χ1) is 12.9. The van der Waals surface area contributed by atoms with E-state index < -0.39 is 15.9 Å². The molecule has 0 fully saturated rings. The highest BCUT2D eigenvalue weighted by Gasteiger charge is 2.10. The number of carbonyl (C=O) groups is 1. The summed E-state index contributed by atoms with van der Waals surface area (Å²) in [6.45, 7) is 1.15. The molecule has 0 aliphatic carbocycles. The second-order valence-electron chi connectivity index (χ2n) is 5.56. The number of amides is 1. The van der Waals surface area contributed by atoms with Crippen molar-refractivity contribution in [3.8, 4) is 21.1 Å². The van der Waals surface area contributed by atoms with Crippen molar-refractivity contribution in [2.45, 2.75) is 6.92 Å². The maximum absolute atomic E-state index is 11.6. The van der Waals surface area contributed by atoms with Crippen LogP contribution < -0.4 is 4.72 Å². The zero-order chi connectivity index (χ0) is 19.3. The van der Waals surface area contributed by atoms with Gasteiger partial charge in [-0.1, -0.05) is 12.1 Å². The summed E-state index contributed by atoms with van der Waals surface area (Å²) in [5.74, 6) is -0.914. The number of thiazole rings is 1. The number of nitrogens with one attached hydrogen (secondary N) is 1. The van der Waals surface area contributed by atoms with Crippen LogP contribution in [0.5, 0.6) is 0 Å². The number of sulfonamides is 1. The van der Waals surface area contributed by atoms with Crippen LogP contribution in [0.25, 0.3) is 27.2 Å². The third-order valence-corrected chi connectivity index (χ3v) is 5.64. The van der Waals surface area contributed by atoms with E-state index in [-0.39, 0.29) is 5.75 Å². The van der Waals surface area contributed by atoms with E-state index in [0.29, 0.717) is 5.69 Å². The fraction of sp³-hybridized carbons (Fsp3) is 0.111. The molecule has 3 heterocycles. The molecule has 0 aromatic carbocycles. The molecule has 27 heavy (non-hydrogen) atoms. The molecule has 0 aliphatic rings. The van der Waals surface area contributed by atoms with Crippen LogP contribution in [0.4, 0.5) is 0 Å². The Hall–Kier alpha value is -2.91. The van der Waals surface area contributed by atoms with E-state index in [4.69, 9.17) is 0 Å². The van der Waals surface area contributed by atoms with Crippen molar-refractivity contribution >= 4 is 33.3 Å². The first-order valence-corrected chi connectivity index (χ1v) is 10.4. The smallest absolute Gasteiger partial charge is 0.238 e. The van der Waals surface area contributed by atoms with Gasteiger partial charge in [-0.15, -0.1) is 11.3 Å². The van der Waals surface area contributed by atoms with Gasteiger partial charge in [-0.2, -0.15) is 0 Å². The molecule has 0 bridgehead atoms. The summed E-state index contributed by atoms with van der Waals surface area (Å²) in [5, 5.41) is 0.849. The minimum absolute atomic E-state index is 0.301. The molecular formula is C18H16N4O3S2. The van der Waals surface area contributed by atoms with Crippen LogP contribution >= 0.6 is 11.3 Å². The lowest BCUT2D eigenvalue weighted by Gasteiger charge is -2.01. The van der Waals surface area contributed by atoms with Crippen molar-refractivity contribution < 1.29 is 13.2 Å². The van der Waals surface area contributed by atoms with Crippen LogP contribution in [0, 0.1) is 0 Å². The standard InChI is InChI=1S/C18H16N4O3S2/c1-13(23)22-27(24,25)10-4-7-15-6-2-8-16(21-15)17-12-20-18(26-17)14-5-3-9-19-11-14/h2-9,11-12H,10H2,1H3,(H,22,23). The predicted octanol–water partition coefficient (Wildman–Crippen LogP) is 2.75. The number of rotatable bonds is 6. The molecular weight excluding hydrogens is 384 g/mol. The van der Waals surface area contributed by atoms with Gasteiger partial charge in [0.2, 0.25) is 15.9 Å². The van der Waals surface area contributed by atoms with Gasteiger partial charge in [0.05, 0.1) is 22.0 Å². The van der Waals surface area contributed by atoms with Gasteiger partial charge < -0.3 is 0 Å². The first-order valence-electron chi connectivity index (χ1n) is 7.94. The van der Waals surface area contributed by atoms with Crippen molar-refractivity contribution in [3.63, 3.8) is 0 Å². The fourth-order valence-electron chi connectivity index (χ4n) is 2.25. The molecule has 7 nitrogen and oxygen atoms in total. The molecule has 0 saturated carbocycles. The van der Waals surface area contributed by atoms with E-state index in [1.165, 1.54) is 17.4 Å². The normalized spacial score (nSPS) is 11.6. The lowest BCUT2D eigenvalue weighted by atomic mass is 10.2. The molecule has 3 aromatic heterocycles. The van der Waals surface area contributed by atoms with Gasteiger partial charge in [-0.25, -0.2) is 18.4 Å². The van der Waals surface area contributed by atoms with E-state index in [9.17, 15) is 13.2 Å². The number of nitrogens with zero attached hydrogens (tertiary/aromatic N) is 3. The highest BCUT2D eigenvalue weighted by atomic mass is 32.2. The first kappa shape index (κ1) is 18.9. The van der Waals surface area contributed by atoms with Crippen LogP contribution in [0.1, 0.15) is 12.6 Å². The molecule has 1 N–H and O–H groups in total. The number of carbonyl (C=O) groups excluding carboxylic acids is 1. The predicted molar refractivity (Wildman–Crippen MR) is 105 cm³/mol. The molecule has 0 atom stereocenters. The number of hydrogen-bond acceptors (Lipinski definition) is 7. The van der Waals surface area contributed by atoms with Crippen molar-refractivity contribution in [3.05, 3.63) is 60.7 Å². The number of hydrogen-bond donors (Lipinski definition) is 1. The summed E-state index contributed by atoms with van der Waals surface area (Å²) in [5.41, 5.74) is 2.30. The minimum Gasteiger partial charge on any atom is -0.274 e. The average molecular weight is 400 g/mol. The Morgan fingerprint density at radius 3 is 2.81 bits per heavy atom. The molecule has 0 saturated heterocycles. The lowest BCUT2D eigenvalue weighted by molar-refractivity contribution is -0.117. The van der Waals surface area contributed by atoms with Gasteiger partial charge in [0.25, 0.3) is 0 Å². The largest absolute Gasteiger partial charge is 0.274 e. The Morgan fingerprint density at radius 2 is 2.07 bits per heavy atom. The summed E-state index contributed by atoms with van der Waals surface area (Å²) in [6.07, 6.45) is 8.27. The van der Waals surface area contributed by atoms with Gasteiger partial charge in [-0.3, -0.25) is 14.5 Å². The molecule has 3 aromatic rings. The summed E-state index contributed by atoms with van der Waals surface area (Å²) in [4.78, 5) is 24.8. The van der Waals surface area contributed by atoms with Crippen LogP contribution in [-0.4, -0.2) is 35.0 Å². The zero-order valence-corrected chi connectivity index (χ0v) is 16.0. The minimum atomic E-state index is -3.67. The zero-order valence-electron chi connectivity index (χ0n) is 14.4. The highest BCUT2D eigenvalue weighted by molar-refractivity contribution is 7.90. The molecule has 1 amide bonds. The third-order valence-electron chi connectivity index (χ3n) is 3.34. The third kappa shape index (κ3) is 5.28. The quantitative estimate of drug-likeness (QED) is 0.683. The van der Waals surface area contributed by atoms with E-state index >= 15 is 0 Å². The number of pyridine rings is 2. The van der Waals surface area contributed by atoms with Crippen molar-refractivity contribution in [2.75, 3.05) is 5.75 Å². The Bertz CT molecular complexity index is 1080. The molecule has 3 rings (SSSR count). The van der Waals surface area contributed by atoms with Crippen LogP contribution in [0.15, 0.2) is 55.0 Å². The molecule has 0 radical (unpaired) electrons. The molecule has 0 aliphatic heterocycles. The van der Waals surface area contributed by atoms with Gasteiger partial charge >= 0.3 is 0 Å². The van der Waals surface area contributed by atoms with Crippen LogP contribution in [0.3, 0.4) is 0 Å². The van der Waals surface area contributed by atoms with Gasteiger partial charge in [0.15, 0.2) is 0 Å². The Balaban J connectivity index is 1.75. The maximum atomic E-state index is 11.6. The molecule has 0 unspecified atom stereocenters. The monoisotopic (exact) mass is 400 g/mol.